The first kappa shape index (κ1) is 9.72. The monoisotopic (exact) mass is 189 g/mol. The molecule has 0 heterocycles. The molecule has 0 saturated heterocycles. The maximum atomic E-state index is 6.09. The molecule has 1 nitrogen and oxygen atoms in total. The van der Waals surface area contributed by atoms with Crippen LogP contribution in [0.15, 0.2) is 24.3 Å². The minimum Gasteiger partial charge on any atom is -0.327 e. The Morgan fingerprint density at radius 1 is 1.36 bits per heavy atom. The van der Waals surface area contributed by atoms with Crippen molar-refractivity contribution in [2.24, 2.45) is 5.73 Å². The highest BCUT2D eigenvalue weighted by molar-refractivity contribution is 5.40. The molecule has 0 aromatic heterocycles. The normalized spacial score (nSPS) is 20.5. The number of nitrogens with two attached hydrogens (primary N) is 1. The summed E-state index contributed by atoms with van der Waals surface area (Å²) in [6.45, 7) is 4.36. The van der Waals surface area contributed by atoms with Gasteiger partial charge in [-0.05, 0) is 37.3 Å². The molecular weight excluding hydrogens is 170 g/mol. The molecule has 1 heteroatoms. The number of hydrogen-bond donors (Lipinski definition) is 1. The van der Waals surface area contributed by atoms with Gasteiger partial charge in [-0.15, -0.1) is 0 Å². The lowest BCUT2D eigenvalue weighted by Crippen LogP contribution is -2.32. The van der Waals surface area contributed by atoms with Gasteiger partial charge in [0.05, 0.1) is 0 Å². The average molecular weight is 189 g/mol. The first-order valence-corrected chi connectivity index (χ1v) is 5.54. The van der Waals surface area contributed by atoms with Crippen LogP contribution in [-0.2, 0) is 11.8 Å². The standard InChI is InChI=1S/C13H19N/c1-3-11-6-4-5-7-12(11)13(8-9-13)10(2)14/h4-7,10H,3,8-9,14H2,1-2H3. The van der Waals surface area contributed by atoms with E-state index in [9.17, 15) is 0 Å². The molecular formula is C13H19N. The third kappa shape index (κ3) is 1.36. The van der Waals surface area contributed by atoms with Crippen molar-refractivity contribution in [3.05, 3.63) is 35.4 Å². The molecule has 76 valence electrons. The zero-order valence-electron chi connectivity index (χ0n) is 9.09. The highest BCUT2D eigenvalue weighted by atomic mass is 14.7. The van der Waals surface area contributed by atoms with E-state index in [0.29, 0.717) is 5.41 Å². The summed E-state index contributed by atoms with van der Waals surface area (Å²) >= 11 is 0. The molecule has 14 heavy (non-hydrogen) atoms. The van der Waals surface area contributed by atoms with Crippen molar-refractivity contribution in [2.75, 3.05) is 0 Å². The van der Waals surface area contributed by atoms with Crippen LogP contribution in [0.25, 0.3) is 0 Å². The molecule has 1 aromatic rings. The van der Waals surface area contributed by atoms with Crippen LogP contribution >= 0.6 is 0 Å². The van der Waals surface area contributed by atoms with E-state index in [1.807, 2.05) is 0 Å². The lowest BCUT2D eigenvalue weighted by molar-refractivity contribution is 0.552. The van der Waals surface area contributed by atoms with E-state index in [-0.39, 0.29) is 6.04 Å². The predicted molar refractivity (Wildman–Crippen MR) is 60.4 cm³/mol. The van der Waals surface area contributed by atoms with Crippen molar-refractivity contribution in [1.29, 1.82) is 0 Å². The van der Waals surface area contributed by atoms with Crippen LogP contribution in [0.1, 0.15) is 37.8 Å². The molecule has 1 aliphatic rings. The zero-order chi connectivity index (χ0) is 10.2. The zero-order valence-corrected chi connectivity index (χ0v) is 9.09. The highest BCUT2D eigenvalue weighted by Gasteiger charge is 2.48. The summed E-state index contributed by atoms with van der Waals surface area (Å²) in [5.41, 5.74) is 9.37. The molecule has 1 saturated carbocycles. The summed E-state index contributed by atoms with van der Waals surface area (Å²) in [4.78, 5) is 0. The Balaban J connectivity index is 2.41. The van der Waals surface area contributed by atoms with Gasteiger partial charge in [-0.2, -0.15) is 0 Å². The molecule has 0 spiro atoms. The lowest BCUT2D eigenvalue weighted by atomic mass is 9.85. The summed E-state index contributed by atoms with van der Waals surface area (Å²) < 4.78 is 0. The van der Waals surface area contributed by atoms with Crippen molar-refractivity contribution in [2.45, 2.75) is 44.6 Å². The minimum atomic E-state index is 0.287. The van der Waals surface area contributed by atoms with E-state index in [2.05, 4.69) is 38.1 Å². The Kier molecular flexibility index (Phi) is 2.36. The minimum absolute atomic E-state index is 0.287. The van der Waals surface area contributed by atoms with E-state index in [0.717, 1.165) is 6.42 Å². The second-order valence-corrected chi connectivity index (χ2v) is 4.46. The van der Waals surface area contributed by atoms with E-state index in [1.165, 1.54) is 24.0 Å². The molecule has 0 bridgehead atoms. The Morgan fingerprint density at radius 2 is 2.00 bits per heavy atom. The van der Waals surface area contributed by atoms with Crippen molar-refractivity contribution in [3.63, 3.8) is 0 Å². The summed E-state index contributed by atoms with van der Waals surface area (Å²) in [5.74, 6) is 0. The van der Waals surface area contributed by atoms with Crippen LogP contribution in [0.5, 0.6) is 0 Å². The Hall–Kier alpha value is -0.820. The lowest BCUT2D eigenvalue weighted by Gasteiger charge is -2.22. The van der Waals surface area contributed by atoms with Gasteiger partial charge >= 0.3 is 0 Å². The van der Waals surface area contributed by atoms with Gasteiger partial charge in [0.1, 0.15) is 0 Å². The van der Waals surface area contributed by atoms with Crippen LogP contribution < -0.4 is 5.73 Å². The maximum Gasteiger partial charge on any atom is 0.0108 e. The Bertz CT molecular complexity index is 324. The van der Waals surface area contributed by atoms with Gasteiger partial charge in [0, 0.05) is 11.5 Å². The van der Waals surface area contributed by atoms with Gasteiger partial charge < -0.3 is 5.73 Å². The second kappa shape index (κ2) is 3.39. The van der Waals surface area contributed by atoms with E-state index in [4.69, 9.17) is 5.73 Å². The fourth-order valence-electron chi connectivity index (χ4n) is 2.42. The summed E-state index contributed by atoms with van der Waals surface area (Å²) in [6.07, 6.45) is 3.65. The van der Waals surface area contributed by atoms with Gasteiger partial charge in [0.15, 0.2) is 0 Å². The molecule has 0 aliphatic heterocycles. The second-order valence-electron chi connectivity index (χ2n) is 4.46. The van der Waals surface area contributed by atoms with Gasteiger partial charge in [0.25, 0.3) is 0 Å². The Labute approximate surface area is 86.3 Å². The third-order valence-corrected chi connectivity index (χ3v) is 3.59. The van der Waals surface area contributed by atoms with E-state index in [1.54, 1.807) is 0 Å². The number of hydrogen-bond acceptors (Lipinski definition) is 1. The fraction of sp³-hybridized carbons (Fsp3) is 0.538. The molecule has 1 aliphatic carbocycles. The van der Waals surface area contributed by atoms with E-state index < -0.39 is 0 Å². The molecule has 2 N–H and O–H groups in total. The van der Waals surface area contributed by atoms with Crippen molar-refractivity contribution in [1.82, 2.24) is 0 Å². The number of aryl methyl sites for hydroxylation is 1. The maximum absolute atomic E-state index is 6.09. The third-order valence-electron chi connectivity index (χ3n) is 3.59. The van der Waals surface area contributed by atoms with Crippen molar-refractivity contribution >= 4 is 0 Å². The molecule has 0 radical (unpaired) electrons. The molecule has 1 unspecified atom stereocenters. The summed E-state index contributed by atoms with van der Waals surface area (Å²) in [5, 5.41) is 0. The average Bonchev–Trinajstić information content (AvgIpc) is 2.98. The molecule has 1 aromatic carbocycles. The van der Waals surface area contributed by atoms with Crippen LogP contribution in [0.2, 0.25) is 0 Å². The highest BCUT2D eigenvalue weighted by Crippen LogP contribution is 2.51. The SMILES string of the molecule is CCc1ccccc1C1(C(C)N)CC1. The van der Waals surface area contributed by atoms with Crippen LogP contribution in [0.3, 0.4) is 0 Å². The van der Waals surface area contributed by atoms with Crippen molar-refractivity contribution in [3.8, 4) is 0 Å². The number of rotatable bonds is 3. The molecule has 1 fully saturated rings. The van der Waals surface area contributed by atoms with Gasteiger partial charge in [-0.1, -0.05) is 31.2 Å². The van der Waals surface area contributed by atoms with Gasteiger partial charge in [-0.3, -0.25) is 0 Å². The molecule has 2 rings (SSSR count). The Morgan fingerprint density at radius 3 is 2.50 bits per heavy atom. The number of benzene rings is 1. The molecule has 0 amide bonds. The fourth-order valence-corrected chi connectivity index (χ4v) is 2.42. The largest absolute Gasteiger partial charge is 0.327 e. The van der Waals surface area contributed by atoms with Crippen molar-refractivity contribution < 1.29 is 0 Å². The van der Waals surface area contributed by atoms with Gasteiger partial charge in [0.2, 0.25) is 0 Å². The quantitative estimate of drug-likeness (QED) is 0.777. The van der Waals surface area contributed by atoms with Crippen LogP contribution in [0, 0.1) is 0 Å². The van der Waals surface area contributed by atoms with Gasteiger partial charge in [-0.25, -0.2) is 0 Å². The summed E-state index contributed by atoms with van der Waals surface area (Å²) in [7, 11) is 0. The summed E-state index contributed by atoms with van der Waals surface area (Å²) in [6, 6.07) is 9.04. The topological polar surface area (TPSA) is 26.0 Å². The van der Waals surface area contributed by atoms with Crippen LogP contribution in [0.4, 0.5) is 0 Å². The smallest absolute Gasteiger partial charge is 0.0108 e. The first-order valence-electron chi connectivity index (χ1n) is 5.54. The van der Waals surface area contributed by atoms with E-state index >= 15 is 0 Å². The predicted octanol–water partition coefficient (Wildman–Crippen LogP) is 2.63. The van der Waals surface area contributed by atoms with Crippen LogP contribution in [-0.4, -0.2) is 6.04 Å². The first-order chi connectivity index (χ1) is 6.70. The molecule has 1 atom stereocenters.